The van der Waals surface area contributed by atoms with Gasteiger partial charge in [-0.3, -0.25) is 14.8 Å². The van der Waals surface area contributed by atoms with E-state index in [0.717, 1.165) is 16.8 Å². The van der Waals surface area contributed by atoms with Crippen LogP contribution in [0.2, 0.25) is 0 Å². The summed E-state index contributed by atoms with van der Waals surface area (Å²) in [6, 6.07) is 5.55. The molecule has 0 saturated carbocycles. The third kappa shape index (κ3) is 3.80. The molecule has 0 radical (unpaired) electrons. The number of pyridine rings is 1. The van der Waals surface area contributed by atoms with Crippen LogP contribution in [0.1, 0.15) is 5.69 Å². The van der Waals surface area contributed by atoms with E-state index in [9.17, 15) is 4.79 Å². The monoisotopic (exact) mass is 380 g/mol. The minimum absolute atomic E-state index is 0.180. The number of aromatic nitrogens is 7. The van der Waals surface area contributed by atoms with E-state index in [4.69, 9.17) is 0 Å². The predicted octanol–water partition coefficient (Wildman–Crippen LogP) is 1.96. The summed E-state index contributed by atoms with van der Waals surface area (Å²) in [4.78, 5) is 24.6. The van der Waals surface area contributed by atoms with Gasteiger partial charge in [-0.05, 0) is 25.1 Å². The van der Waals surface area contributed by atoms with Crippen LogP contribution in [-0.2, 0) is 11.8 Å². The minimum Gasteiger partial charge on any atom is -0.292 e. The fraction of sp³-hybridized carbons (Fsp3) is 0.176. The number of fused-ring (bicyclic) bond motifs is 1. The van der Waals surface area contributed by atoms with Gasteiger partial charge in [0, 0.05) is 43.0 Å². The van der Waals surface area contributed by atoms with Gasteiger partial charge in [0.25, 0.3) is 0 Å². The van der Waals surface area contributed by atoms with E-state index in [0.29, 0.717) is 10.8 Å². The Bertz CT molecular complexity index is 1100. The molecule has 1 amide bonds. The van der Waals surface area contributed by atoms with E-state index in [-0.39, 0.29) is 17.6 Å². The van der Waals surface area contributed by atoms with E-state index < -0.39 is 0 Å². The number of nitrogens with zero attached hydrogens (tertiary/aromatic N) is 7. The smallest absolute Gasteiger partial charge is 0.249 e. The van der Waals surface area contributed by atoms with Crippen LogP contribution in [0.3, 0.4) is 0 Å². The fourth-order valence-corrected chi connectivity index (χ4v) is 3.23. The van der Waals surface area contributed by atoms with Crippen LogP contribution < -0.4 is 5.32 Å². The normalized spacial score (nSPS) is 11.0. The first-order valence-electron chi connectivity index (χ1n) is 8.15. The third-order valence-electron chi connectivity index (χ3n) is 3.78. The second-order valence-corrected chi connectivity index (χ2v) is 6.77. The largest absolute Gasteiger partial charge is 0.292 e. The van der Waals surface area contributed by atoms with Gasteiger partial charge < -0.3 is 0 Å². The standard InChI is InChI=1S/C17H16N8OS/c1-11-13(9-24(2)22-11)12-4-5-14-20-16(23-25(14)8-12)21-15(26)10-27-17-18-6-3-7-19-17/h3-9H,10H2,1-2H3,(H,21,23,26). The molecule has 0 saturated heterocycles. The van der Waals surface area contributed by atoms with E-state index >= 15 is 0 Å². The molecule has 136 valence electrons. The van der Waals surface area contributed by atoms with Crippen molar-refractivity contribution in [2.24, 2.45) is 7.05 Å². The molecule has 0 aliphatic rings. The van der Waals surface area contributed by atoms with Crippen molar-refractivity contribution < 1.29 is 4.79 Å². The maximum absolute atomic E-state index is 12.1. The van der Waals surface area contributed by atoms with Crippen LogP contribution in [0, 0.1) is 6.92 Å². The number of rotatable bonds is 5. The number of carbonyl (C=O) groups excluding carboxylic acids is 1. The number of nitrogens with one attached hydrogen (secondary N) is 1. The minimum atomic E-state index is -0.216. The van der Waals surface area contributed by atoms with Crippen LogP contribution in [0.4, 0.5) is 5.95 Å². The number of hydrogen-bond acceptors (Lipinski definition) is 7. The topological polar surface area (TPSA) is 103 Å². The van der Waals surface area contributed by atoms with Crippen LogP contribution in [-0.4, -0.2) is 46.0 Å². The lowest BCUT2D eigenvalue weighted by Gasteiger charge is -2.00. The maximum Gasteiger partial charge on any atom is 0.249 e. The highest BCUT2D eigenvalue weighted by Crippen LogP contribution is 2.22. The first-order chi connectivity index (χ1) is 13.1. The van der Waals surface area contributed by atoms with Crippen LogP contribution in [0.15, 0.2) is 48.1 Å². The fourth-order valence-electron chi connectivity index (χ4n) is 2.63. The summed E-state index contributed by atoms with van der Waals surface area (Å²) in [6.07, 6.45) is 7.10. The zero-order valence-corrected chi connectivity index (χ0v) is 15.5. The average Bonchev–Trinajstić information content (AvgIpc) is 3.21. The number of thioether (sulfide) groups is 1. The second-order valence-electron chi connectivity index (χ2n) is 5.83. The Morgan fingerprint density at radius 3 is 2.74 bits per heavy atom. The summed E-state index contributed by atoms with van der Waals surface area (Å²) >= 11 is 1.25. The van der Waals surface area contributed by atoms with Gasteiger partial charge in [0.05, 0.1) is 11.4 Å². The van der Waals surface area contributed by atoms with Crippen molar-refractivity contribution in [2.45, 2.75) is 12.1 Å². The molecule has 0 aliphatic carbocycles. The Labute approximate surface area is 158 Å². The Morgan fingerprint density at radius 1 is 1.19 bits per heavy atom. The zero-order valence-electron chi connectivity index (χ0n) is 14.7. The summed E-state index contributed by atoms with van der Waals surface area (Å²) in [5.41, 5.74) is 3.59. The Balaban J connectivity index is 1.48. The van der Waals surface area contributed by atoms with Crippen LogP contribution >= 0.6 is 11.8 Å². The summed E-state index contributed by atoms with van der Waals surface area (Å²) in [6.45, 7) is 1.96. The van der Waals surface area contributed by atoms with E-state index in [1.165, 1.54) is 11.8 Å². The van der Waals surface area contributed by atoms with Gasteiger partial charge in [0.1, 0.15) is 0 Å². The summed E-state index contributed by atoms with van der Waals surface area (Å²) in [7, 11) is 1.89. The predicted molar refractivity (Wildman–Crippen MR) is 101 cm³/mol. The second kappa shape index (κ2) is 7.16. The molecule has 0 aromatic carbocycles. The molecule has 9 nitrogen and oxygen atoms in total. The molecule has 1 N–H and O–H groups in total. The number of carbonyl (C=O) groups is 1. The molecule has 0 fully saturated rings. The van der Waals surface area contributed by atoms with Crippen molar-refractivity contribution in [1.29, 1.82) is 0 Å². The van der Waals surface area contributed by atoms with Gasteiger partial charge >= 0.3 is 0 Å². The summed E-state index contributed by atoms with van der Waals surface area (Å²) in [5, 5.41) is 11.9. The van der Waals surface area contributed by atoms with Gasteiger partial charge in [0.15, 0.2) is 10.8 Å². The van der Waals surface area contributed by atoms with Crippen molar-refractivity contribution in [2.75, 3.05) is 11.1 Å². The Morgan fingerprint density at radius 2 is 2.00 bits per heavy atom. The lowest BCUT2D eigenvalue weighted by Crippen LogP contribution is -2.15. The van der Waals surface area contributed by atoms with E-state index in [1.54, 1.807) is 27.7 Å². The highest BCUT2D eigenvalue weighted by atomic mass is 32.2. The first kappa shape index (κ1) is 17.2. The zero-order chi connectivity index (χ0) is 18.8. The van der Waals surface area contributed by atoms with Crippen LogP contribution in [0.5, 0.6) is 0 Å². The van der Waals surface area contributed by atoms with Crippen LogP contribution in [0.25, 0.3) is 16.8 Å². The van der Waals surface area contributed by atoms with E-state index in [1.807, 2.05) is 38.5 Å². The van der Waals surface area contributed by atoms with Gasteiger partial charge in [-0.1, -0.05) is 11.8 Å². The molecule has 4 rings (SSSR count). The van der Waals surface area contributed by atoms with Gasteiger partial charge in [0.2, 0.25) is 11.9 Å². The van der Waals surface area contributed by atoms with E-state index in [2.05, 4.69) is 30.5 Å². The van der Waals surface area contributed by atoms with Crippen molar-refractivity contribution in [3.8, 4) is 11.1 Å². The Hall–Kier alpha value is -3.27. The first-order valence-corrected chi connectivity index (χ1v) is 9.14. The lowest BCUT2D eigenvalue weighted by atomic mass is 10.1. The quantitative estimate of drug-likeness (QED) is 0.417. The lowest BCUT2D eigenvalue weighted by molar-refractivity contribution is -0.113. The average molecular weight is 380 g/mol. The molecule has 4 aromatic heterocycles. The van der Waals surface area contributed by atoms with Gasteiger partial charge in [-0.2, -0.15) is 10.1 Å². The summed E-state index contributed by atoms with van der Waals surface area (Å²) in [5.74, 6) is 0.223. The Kier molecular flexibility index (Phi) is 4.55. The molecule has 10 heteroatoms. The van der Waals surface area contributed by atoms with Crippen molar-refractivity contribution in [3.05, 3.63) is 48.7 Å². The van der Waals surface area contributed by atoms with Crippen molar-refractivity contribution in [1.82, 2.24) is 34.3 Å². The number of aryl methyl sites for hydroxylation is 2. The molecule has 0 bridgehead atoms. The highest BCUT2D eigenvalue weighted by Gasteiger charge is 2.11. The van der Waals surface area contributed by atoms with Gasteiger partial charge in [-0.15, -0.1) is 5.10 Å². The third-order valence-corrected chi connectivity index (χ3v) is 4.66. The number of anilines is 1. The summed E-state index contributed by atoms with van der Waals surface area (Å²) < 4.78 is 3.42. The number of hydrogen-bond donors (Lipinski definition) is 1. The van der Waals surface area contributed by atoms with Crippen molar-refractivity contribution in [3.63, 3.8) is 0 Å². The SMILES string of the molecule is Cc1nn(C)cc1-c1ccc2nc(NC(=O)CSc3ncccn3)nn2c1. The van der Waals surface area contributed by atoms with Crippen molar-refractivity contribution >= 4 is 29.3 Å². The molecule has 0 spiro atoms. The molecule has 0 unspecified atom stereocenters. The molecule has 0 aliphatic heterocycles. The van der Waals surface area contributed by atoms with Gasteiger partial charge in [-0.25, -0.2) is 14.5 Å². The molecule has 4 aromatic rings. The molecule has 27 heavy (non-hydrogen) atoms. The molecule has 4 heterocycles. The number of amides is 1. The highest BCUT2D eigenvalue weighted by molar-refractivity contribution is 7.99. The molecular weight excluding hydrogens is 364 g/mol. The maximum atomic E-state index is 12.1. The molecular formula is C17H16N8OS. The molecule has 0 atom stereocenters.